The number of fused-ring (bicyclic) bond motifs is 1. The SMILES string of the molecule is CCn1cc(C(=O)O)c(=O)c2cc(F)c(NC(=S)NC(=O)c3ccc(Cl)cc3)c(OC)c21. The predicted octanol–water partition coefficient (Wildman–Crippen LogP) is 3.65. The van der Waals surface area contributed by atoms with Crippen LogP contribution in [0.1, 0.15) is 27.6 Å². The minimum Gasteiger partial charge on any atom is -0.492 e. The first-order valence-electron chi connectivity index (χ1n) is 9.22. The summed E-state index contributed by atoms with van der Waals surface area (Å²) in [4.78, 5) is 36.3. The molecule has 0 bridgehead atoms. The van der Waals surface area contributed by atoms with Crippen molar-refractivity contribution < 1.29 is 23.8 Å². The van der Waals surface area contributed by atoms with Crippen molar-refractivity contribution in [3.05, 3.63) is 68.7 Å². The molecule has 3 N–H and O–H groups in total. The zero-order valence-corrected chi connectivity index (χ0v) is 18.4. The first-order valence-corrected chi connectivity index (χ1v) is 10.0. The van der Waals surface area contributed by atoms with Gasteiger partial charge in [-0.3, -0.25) is 14.9 Å². The van der Waals surface area contributed by atoms with Crippen LogP contribution < -0.4 is 20.8 Å². The molecule has 0 saturated heterocycles. The van der Waals surface area contributed by atoms with E-state index in [-0.39, 0.29) is 39.6 Å². The third-order valence-electron chi connectivity index (χ3n) is 4.62. The van der Waals surface area contributed by atoms with Crippen LogP contribution >= 0.6 is 23.8 Å². The number of pyridine rings is 1. The number of carboxylic acid groups (broad SMARTS) is 1. The normalized spacial score (nSPS) is 10.6. The molecule has 0 spiro atoms. The number of aromatic carboxylic acids is 1. The highest BCUT2D eigenvalue weighted by atomic mass is 35.5. The number of halogens is 2. The topological polar surface area (TPSA) is 110 Å². The van der Waals surface area contributed by atoms with Gasteiger partial charge in [0, 0.05) is 23.3 Å². The van der Waals surface area contributed by atoms with Crippen molar-refractivity contribution in [3.63, 3.8) is 0 Å². The number of amides is 1. The van der Waals surface area contributed by atoms with Gasteiger partial charge < -0.3 is 19.7 Å². The molecule has 2 aromatic carbocycles. The van der Waals surface area contributed by atoms with Crippen molar-refractivity contribution in [1.29, 1.82) is 0 Å². The van der Waals surface area contributed by atoms with E-state index in [1.807, 2.05) is 0 Å². The second kappa shape index (κ2) is 9.33. The van der Waals surface area contributed by atoms with E-state index in [1.54, 1.807) is 6.92 Å². The maximum atomic E-state index is 15.0. The molecule has 166 valence electrons. The summed E-state index contributed by atoms with van der Waals surface area (Å²) in [6, 6.07) is 6.97. The van der Waals surface area contributed by atoms with Crippen molar-refractivity contribution in [2.75, 3.05) is 12.4 Å². The van der Waals surface area contributed by atoms with Gasteiger partial charge in [0.25, 0.3) is 5.91 Å². The Balaban J connectivity index is 2.04. The zero-order chi connectivity index (χ0) is 23.6. The average Bonchev–Trinajstić information content (AvgIpc) is 2.75. The summed E-state index contributed by atoms with van der Waals surface area (Å²) < 4.78 is 21.8. The number of hydrogen-bond donors (Lipinski definition) is 3. The lowest BCUT2D eigenvalue weighted by atomic mass is 10.1. The molecule has 1 aromatic heterocycles. The minimum absolute atomic E-state index is 0.0704. The molecule has 0 aliphatic carbocycles. The molecule has 32 heavy (non-hydrogen) atoms. The number of carboxylic acids is 1. The molecule has 11 heteroatoms. The Kier molecular flexibility index (Phi) is 6.75. The van der Waals surface area contributed by atoms with Crippen molar-refractivity contribution in [3.8, 4) is 5.75 Å². The number of anilines is 1. The van der Waals surface area contributed by atoms with Crippen LogP contribution in [0.2, 0.25) is 5.02 Å². The van der Waals surface area contributed by atoms with E-state index in [1.165, 1.54) is 35.9 Å². The van der Waals surface area contributed by atoms with E-state index in [2.05, 4.69) is 10.6 Å². The lowest BCUT2D eigenvalue weighted by Gasteiger charge is -2.18. The summed E-state index contributed by atoms with van der Waals surface area (Å²) in [6.45, 7) is 2.00. The average molecular weight is 478 g/mol. The maximum Gasteiger partial charge on any atom is 0.341 e. The number of aryl methyl sites for hydroxylation is 1. The summed E-state index contributed by atoms with van der Waals surface area (Å²) >= 11 is 10.9. The van der Waals surface area contributed by atoms with Gasteiger partial charge in [0.15, 0.2) is 16.7 Å². The summed E-state index contributed by atoms with van der Waals surface area (Å²) in [6.07, 6.45) is 1.16. The fourth-order valence-corrected chi connectivity index (χ4v) is 3.46. The van der Waals surface area contributed by atoms with Gasteiger partial charge in [0.05, 0.1) is 18.0 Å². The number of carbonyl (C=O) groups is 2. The smallest absolute Gasteiger partial charge is 0.341 e. The van der Waals surface area contributed by atoms with Crippen LogP contribution in [0.15, 0.2) is 41.3 Å². The molecule has 0 aliphatic rings. The first-order chi connectivity index (χ1) is 15.2. The molecule has 1 amide bonds. The molecule has 1 heterocycles. The predicted molar refractivity (Wildman–Crippen MR) is 122 cm³/mol. The Morgan fingerprint density at radius 3 is 2.50 bits per heavy atom. The molecule has 0 unspecified atom stereocenters. The third kappa shape index (κ3) is 4.41. The number of carbonyl (C=O) groups excluding carboxylic acids is 1. The van der Waals surface area contributed by atoms with Crippen molar-refractivity contribution >= 4 is 57.4 Å². The van der Waals surface area contributed by atoms with Crippen LogP contribution in [0.25, 0.3) is 10.9 Å². The van der Waals surface area contributed by atoms with E-state index in [0.717, 1.165) is 12.3 Å². The largest absolute Gasteiger partial charge is 0.492 e. The minimum atomic E-state index is -1.42. The second-order valence-electron chi connectivity index (χ2n) is 6.54. The van der Waals surface area contributed by atoms with E-state index < -0.39 is 28.7 Å². The standard InChI is InChI=1S/C21H17ClFN3O5S/c1-3-26-9-13(20(29)30)17(27)12-8-14(23)15(18(31-2)16(12)26)24-21(32)25-19(28)10-4-6-11(22)7-5-10/h4-9H,3H2,1-2H3,(H,29,30)(H2,24,25,28,32). The van der Waals surface area contributed by atoms with Gasteiger partial charge in [-0.1, -0.05) is 11.6 Å². The molecular weight excluding hydrogens is 461 g/mol. The Bertz CT molecular complexity index is 1310. The number of rotatable bonds is 5. The number of thiocarbonyl (C=S) groups is 1. The fraction of sp³-hybridized carbons (Fsp3) is 0.143. The molecule has 3 aromatic rings. The van der Waals surface area contributed by atoms with Crippen LogP contribution in [0, 0.1) is 5.82 Å². The van der Waals surface area contributed by atoms with Crippen LogP contribution in [0.4, 0.5) is 10.1 Å². The van der Waals surface area contributed by atoms with Crippen molar-refractivity contribution in [2.24, 2.45) is 0 Å². The molecule has 0 saturated carbocycles. The number of nitrogens with zero attached hydrogens (tertiary/aromatic N) is 1. The first kappa shape index (κ1) is 23.2. The summed E-state index contributed by atoms with van der Waals surface area (Å²) in [5.74, 6) is -2.96. The monoisotopic (exact) mass is 477 g/mol. The van der Waals surface area contributed by atoms with Gasteiger partial charge in [-0.2, -0.15) is 0 Å². The van der Waals surface area contributed by atoms with Gasteiger partial charge in [0.1, 0.15) is 11.3 Å². The summed E-state index contributed by atoms with van der Waals surface area (Å²) in [5, 5.41) is 14.4. The fourth-order valence-electron chi connectivity index (χ4n) is 3.14. The summed E-state index contributed by atoms with van der Waals surface area (Å²) in [5.41, 5.74) is -1.09. The number of ether oxygens (including phenoxy) is 1. The lowest BCUT2D eigenvalue weighted by molar-refractivity contribution is 0.0694. The Morgan fingerprint density at radius 1 is 1.28 bits per heavy atom. The third-order valence-corrected chi connectivity index (χ3v) is 5.07. The number of hydrogen-bond acceptors (Lipinski definition) is 5. The van der Waals surface area contributed by atoms with Gasteiger partial charge in [-0.25, -0.2) is 9.18 Å². The van der Waals surface area contributed by atoms with Gasteiger partial charge >= 0.3 is 5.97 Å². The second-order valence-corrected chi connectivity index (χ2v) is 7.39. The lowest BCUT2D eigenvalue weighted by Crippen LogP contribution is -2.34. The van der Waals surface area contributed by atoms with Crippen LogP contribution in [-0.4, -0.2) is 33.8 Å². The molecule has 8 nitrogen and oxygen atoms in total. The molecule has 0 aliphatic heterocycles. The Morgan fingerprint density at radius 2 is 1.94 bits per heavy atom. The highest BCUT2D eigenvalue weighted by Gasteiger charge is 2.23. The van der Waals surface area contributed by atoms with Crippen LogP contribution in [0.5, 0.6) is 5.75 Å². The van der Waals surface area contributed by atoms with Crippen LogP contribution in [-0.2, 0) is 6.54 Å². The maximum absolute atomic E-state index is 15.0. The molecular formula is C21H17ClFN3O5S. The summed E-state index contributed by atoms with van der Waals surface area (Å²) in [7, 11) is 1.27. The van der Waals surface area contributed by atoms with E-state index in [9.17, 15) is 23.9 Å². The zero-order valence-electron chi connectivity index (χ0n) is 16.9. The number of nitrogens with one attached hydrogen (secondary N) is 2. The molecule has 0 radical (unpaired) electrons. The van der Waals surface area contributed by atoms with Gasteiger partial charge in [-0.05, 0) is 49.5 Å². The number of methoxy groups -OCH3 is 1. The molecule has 0 fully saturated rings. The van der Waals surface area contributed by atoms with E-state index in [0.29, 0.717) is 5.02 Å². The van der Waals surface area contributed by atoms with E-state index >= 15 is 0 Å². The van der Waals surface area contributed by atoms with Crippen LogP contribution in [0.3, 0.4) is 0 Å². The molecule has 3 rings (SSSR count). The number of aromatic nitrogens is 1. The molecule has 0 atom stereocenters. The van der Waals surface area contributed by atoms with E-state index in [4.69, 9.17) is 28.6 Å². The quantitative estimate of drug-likeness (QED) is 0.481. The Hall–Kier alpha value is -3.50. The Labute approximate surface area is 191 Å². The van der Waals surface area contributed by atoms with Gasteiger partial charge in [-0.15, -0.1) is 0 Å². The van der Waals surface area contributed by atoms with Crippen molar-refractivity contribution in [1.82, 2.24) is 9.88 Å². The van der Waals surface area contributed by atoms with Crippen molar-refractivity contribution in [2.45, 2.75) is 13.5 Å². The number of benzene rings is 2. The highest BCUT2D eigenvalue weighted by Crippen LogP contribution is 2.35. The van der Waals surface area contributed by atoms with Gasteiger partial charge in [0.2, 0.25) is 5.43 Å². The highest BCUT2D eigenvalue weighted by molar-refractivity contribution is 7.80.